The van der Waals surface area contributed by atoms with Crippen LogP contribution in [-0.2, 0) is 14.8 Å². The third-order valence-electron chi connectivity index (χ3n) is 2.36. The highest BCUT2D eigenvalue weighted by molar-refractivity contribution is 7.88. The summed E-state index contributed by atoms with van der Waals surface area (Å²) in [6.07, 6.45) is 2.65. The van der Waals surface area contributed by atoms with E-state index in [0.717, 1.165) is 25.9 Å². The molecule has 0 aromatic heterocycles. The SMILES string of the molecule is CS(=O)(=O)N1CCN(CCC=O)CC1. The molecule has 0 spiro atoms. The lowest BCUT2D eigenvalue weighted by atomic mass is 10.3. The van der Waals surface area contributed by atoms with E-state index in [1.807, 2.05) is 0 Å². The largest absolute Gasteiger partial charge is 0.303 e. The second-order valence-electron chi connectivity index (χ2n) is 3.46. The third-order valence-corrected chi connectivity index (χ3v) is 3.67. The van der Waals surface area contributed by atoms with Crippen LogP contribution in [0.4, 0.5) is 0 Å². The second-order valence-corrected chi connectivity index (χ2v) is 5.44. The van der Waals surface area contributed by atoms with E-state index in [0.29, 0.717) is 19.5 Å². The van der Waals surface area contributed by atoms with Gasteiger partial charge < -0.3 is 9.69 Å². The van der Waals surface area contributed by atoms with Crippen LogP contribution in [0.25, 0.3) is 0 Å². The molecule has 0 N–H and O–H groups in total. The molecule has 1 aliphatic rings. The molecule has 0 radical (unpaired) electrons. The van der Waals surface area contributed by atoms with Crippen molar-refractivity contribution in [3.05, 3.63) is 0 Å². The normalized spacial score (nSPS) is 20.9. The van der Waals surface area contributed by atoms with Gasteiger partial charge in [0, 0.05) is 39.1 Å². The van der Waals surface area contributed by atoms with E-state index in [4.69, 9.17) is 0 Å². The van der Waals surface area contributed by atoms with E-state index in [9.17, 15) is 13.2 Å². The summed E-state index contributed by atoms with van der Waals surface area (Å²) in [5.41, 5.74) is 0. The van der Waals surface area contributed by atoms with Crippen molar-refractivity contribution < 1.29 is 13.2 Å². The van der Waals surface area contributed by atoms with Gasteiger partial charge in [0.15, 0.2) is 0 Å². The Labute approximate surface area is 84.7 Å². The summed E-state index contributed by atoms with van der Waals surface area (Å²) in [7, 11) is -3.03. The Hall–Kier alpha value is -0.460. The molecule has 0 aromatic rings. The highest BCUT2D eigenvalue weighted by Crippen LogP contribution is 2.05. The molecule has 0 unspecified atom stereocenters. The van der Waals surface area contributed by atoms with Crippen molar-refractivity contribution in [1.82, 2.24) is 9.21 Å². The number of carbonyl (C=O) groups is 1. The van der Waals surface area contributed by atoms with Crippen LogP contribution in [0.5, 0.6) is 0 Å². The molecule has 0 bridgehead atoms. The average molecular weight is 220 g/mol. The summed E-state index contributed by atoms with van der Waals surface area (Å²) in [6.45, 7) is 3.26. The molecular formula is C8H16N2O3S. The molecule has 0 aliphatic carbocycles. The Balaban J connectivity index is 2.35. The van der Waals surface area contributed by atoms with Crippen molar-refractivity contribution in [2.24, 2.45) is 0 Å². The first-order chi connectivity index (χ1) is 6.54. The van der Waals surface area contributed by atoms with Gasteiger partial charge in [0.1, 0.15) is 6.29 Å². The first-order valence-electron chi connectivity index (χ1n) is 4.65. The highest BCUT2D eigenvalue weighted by Gasteiger charge is 2.22. The second kappa shape index (κ2) is 4.86. The maximum absolute atomic E-state index is 11.2. The van der Waals surface area contributed by atoms with Gasteiger partial charge in [-0.15, -0.1) is 0 Å². The van der Waals surface area contributed by atoms with Crippen molar-refractivity contribution in [3.63, 3.8) is 0 Å². The zero-order chi connectivity index (χ0) is 10.6. The fraction of sp³-hybridized carbons (Fsp3) is 0.875. The van der Waals surface area contributed by atoms with Crippen molar-refractivity contribution in [2.45, 2.75) is 6.42 Å². The fourth-order valence-corrected chi connectivity index (χ4v) is 2.35. The Morgan fingerprint density at radius 1 is 1.21 bits per heavy atom. The van der Waals surface area contributed by atoms with Crippen LogP contribution >= 0.6 is 0 Å². The van der Waals surface area contributed by atoms with Gasteiger partial charge in [0.05, 0.1) is 6.26 Å². The minimum Gasteiger partial charge on any atom is -0.303 e. The number of nitrogens with zero attached hydrogens (tertiary/aromatic N) is 2. The maximum atomic E-state index is 11.2. The highest BCUT2D eigenvalue weighted by atomic mass is 32.2. The van der Waals surface area contributed by atoms with Crippen LogP contribution < -0.4 is 0 Å². The molecule has 6 heteroatoms. The van der Waals surface area contributed by atoms with E-state index in [2.05, 4.69) is 4.90 Å². The van der Waals surface area contributed by atoms with E-state index in [1.54, 1.807) is 0 Å². The average Bonchev–Trinajstić information content (AvgIpc) is 2.14. The summed E-state index contributed by atoms with van der Waals surface area (Å²) in [4.78, 5) is 12.2. The van der Waals surface area contributed by atoms with E-state index >= 15 is 0 Å². The van der Waals surface area contributed by atoms with Gasteiger partial charge in [-0.25, -0.2) is 8.42 Å². The molecule has 1 rings (SSSR count). The summed E-state index contributed by atoms with van der Waals surface area (Å²) in [6, 6.07) is 0. The number of hydrogen-bond donors (Lipinski definition) is 0. The summed E-state index contributed by atoms with van der Waals surface area (Å²) < 4.78 is 23.8. The summed E-state index contributed by atoms with van der Waals surface area (Å²) in [5, 5.41) is 0. The van der Waals surface area contributed by atoms with Gasteiger partial charge in [-0.1, -0.05) is 0 Å². The van der Waals surface area contributed by atoms with Crippen LogP contribution in [0.2, 0.25) is 0 Å². The predicted octanol–water partition coefficient (Wildman–Crippen LogP) is -0.847. The number of sulfonamides is 1. The Bertz CT molecular complexity index is 281. The van der Waals surface area contributed by atoms with Crippen LogP contribution in [-0.4, -0.2) is 62.9 Å². The Morgan fingerprint density at radius 2 is 1.79 bits per heavy atom. The summed E-state index contributed by atoms with van der Waals surface area (Å²) in [5.74, 6) is 0. The number of rotatable bonds is 4. The smallest absolute Gasteiger partial charge is 0.211 e. The molecule has 1 fully saturated rings. The molecule has 0 amide bonds. The molecule has 0 atom stereocenters. The minimum absolute atomic E-state index is 0.527. The van der Waals surface area contributed by atoms with Gasteiger partial charge in [-0.3, -0.25) is 0 Å². The van der Waals surface area contributed by atoms with Crippen molar-refractivity contribution in [2.75, 3.05) is 39.0 Å². The zero-order valence-corrected chi connectivity index (χ0v) is 9.16. The molecule has 0 saturated carbocycles. The molecule has 1 aliphatic heterocycles. The number of hydrogen-bond acceptors (Lipinski definition) is 4. The van der Waals surface area contributed by atoms with Crippen LogP contribution in [0, 0.1) is 0 Å². The monoisotopic (exact) mass is 220 g/mol. The lowest BCUT2D eigenvalue weighted by Crippen LogP contribution is -2.48. The van der Waals surface area contributed by atoms with Gasteiger partial charge in [0.25, 0.3) is 0 Å². The van der Waals surface area contributed by atoms with Gasteiger partial charge in [-0.2, -0.15) is 4.31 Å². The Kier molecular flexibility index (Phi) is 4.03. The van der Waals surface area contributed by atoms with Crippen molar-refractivity contribution >= 4 is 16.3 Å². The quantitative estimate of drug-likeness (QED) is 0.579. The van der Waals surface area contributed by atoms with Gasteiger partial charge in [0.2, 0.25) is 10.0 Å². The Morgan fingerprint density at radius 3 is 2.21 bits per heavy atom. The predicted molar refractivity (Wildman–Crippen MR) is 53.5 cm³/mol. The molecule has 5 nitrogen and oxygen atoms in total. The minimum atomic E-state index is -3.03. The lowest BCUT2D eigenvalue weighted by Gasteiger charge is -2.32. The molecule has 1 saturated heterocycles. The maximum Gasteiger partial charge on any atom is 0.211 e. The topological polar surface area (TPSA) is 57.7 Å². The van der Waals surface area contributed by atoms with E-state index < -0.39 is 10.0 Å². The fourth-order valence-electron chi connectivity index (χ4n) is 1.52. The first-order valence-corrected chi connectivity index (χ1v) is 6.50. The standard InChI is InChI=1S/C8H16N2O3S/c1-14(12,13)10-6-4-9(5-7-10)3-2-8-11/h8H,2-7H2,1H3. The number of carbonyl (C=O) groups excluding carboxylic acids is 1. The van der Waals surface area contributed by atoms with E-state index in [-0.39, 0.29) is 0 Å². The molecule has 82 valence electrons. The molecular weight excluding hydrogens is 204 g/mol. The van der Waals surface area contributed by atoms with Gasteiger partial charge in [-0.05, 0) is 0 Å². The molecule has 14 heavy (non-hydrogen) atoms. The molecule has 0 aromatic carbocycles. The summed E-state index contributed by atoms with van der Waals surface area (Å²) >= 11 is 0. The first kappa shape index (κ1) is 11.6. The number of aldehydes is 1. The van der Waals surface area contributed by atoms with E-state index in [1.165, 1.54) is 10.6 Å². The van der Waals surface area contributed by atoms with Crippen LogP contribution in [0.1, 0.15) is 6.42 Å². The van der Waals surface area contributed by atoms with Crippen molar-refractivity contribution in [3.8, 4) is 0 Å². The number of piperazine rings is 1. The molecule has 1 heterocycles. The lowest BCUT2D eigenvalue weighted by molar-refractivity contribution is -0.108. The van der Waals surface area contributed by atoms with Crippen molar-refractivity contribution in [1.29, 1.82) is 0 Å². The van der Waals surface area contributed by atoms with Crippen LogP contribution in [0.15, 0.2) is 0 Å². The van der Waals surface area contributed by atoms with Crippen LogP contribution in [0.3, 0.4) is 0 Å². The third kappa shape index (κ3) is 3.36. The van der Waals surface area contributed by atoms with Gasteiger partial charge >= 0.3 is 0 Å². The zero-order valence-electron chi connectivity index (χ0n) is 8.35.